The fraction of sp³-hybridized carbons (Fsp3) is 0.778. The van der Waals surface area contributed by atoms with E-state index in [9.17, 15) is 0 Å². The highest BCUT2D eigenvalue weighted by Gasteiger charge is 2.26. The van der Waals surface area contributed by atoms with Crippen LogP contribution in [0.5, 0.6) is 0 Å². The second-order valence-electron chi connectivity index (χ2n) is 3.14. The van der Waals surface area contributed by atoms with Crippen molar-refractivity contribution in [2.75, 3.05) is 27.2 Å². The maximum absolute atomic E-state index is 2.43. The molecule has 0 aromatic heterocycles. The van der Waals surface area contributed by atoms with E-state index in [1.54, 1.807) is 5.70 Å². The van der Waals surface area contributed by atoms with Crippen molar-refractivity contribution in [3.63, 3.8) is 0 Å². The van der Waals surface area contributed by atoms with Gasteiger partial charge < -0.3 is 9.80 Å². The van der Waals surface area contributed by atoms with Gasteiger partial charge in [-0.1, -0.05) is 0 Å². The van der Waals surface area contributed by atoms with Crippen LogP contribution in [-0.2, 0) is 0 Å². The zero-order chi connectivity index (χ0) is 8.43. The third-order valence-corrected chi connectivity index (χ3v) is 2.23. The first kappa shape index (κ1) is 8.44. The minimum Gasteiger partial charge on any atom is -0.379 e. The van der Waals surface area contributed by atoms with Gasteiger partial charge in [-0.3, -0.25) is 0 Å². The molecule has 0 spiro atoms. The predicted molar refractivity (Wildman–Crippen MR) is 48.3 cm³/mol. The Labute approximate surface area is 69.5 Å². The molecule has 64 valence electrons. The summed E-state index contributed by atoms with van der Waals surface area (Å²) in [5, 5.41) is 0. The molecule has 0 aromatic carbocycles. The molecule has 0 radical (unpaired) electrons. The number of rotatable bonds is 4. The van der Waals surface area contributed by atoms with E-state index < -0.39 is 0 Å². The normalized spacial score (nSPS) is 15.3. The maximum atomic E-state index is 2.43. The summed E-state index contributed by atoms with van der Waals surface area (Å²) in [6.07, 6.45) is 1.20. The van der Waals surface area contributed by atoms with Crippen LogP contribution in [0.1, 0.15) is 20.3 Å². The molecule has 0 unspecified atom stereocenters. The van der Waals surface area contributed by atoms with Crippen LogP contribution in [0, 0.1) is 0 Å². The second-order valence-corrected chi connectivity index (χ2v) is 3.14. The maximum Gasteiger partial charge on any atom is 0.0391 e. The summed E-state index contributed by atoms with van der Waals surface area (Å²) in [5.41, 5.74) is 3.05. The van der Waals surface area contributed by atoms with Crippen LogP contribution >= 0.6 is 0 Å². The molecule has 2 nitrogen and oxygen atoms in total. The Bertz CT molecular complexity index is 166. The van der Waals surface area contributed by atoms with Crippen LogP contribution in [0.4, 0.5) is 0 Å². The van der Waals surface area contributed by atoms with Crippen LogP contribution in [0.3, 0.4) is 0 Å². The SMILES string of the molecule is CCN(CC)C1=C(N(C)C)C1. The third kappa shape index (κ3) is 1.67. The van der Waals surface area contributed by atoms with Gasteiger partial charge >= 0.3 is 0 Å². The van der Waals surface area contributed by atoms with E-state index in [1.165, 1.54) is 12.1 Å². The van der Waals surface area contributed by atoms with Gasteiger partial charge in [-0.2, -0.15) is 0 Å². The molecule has 0 fully saturated rings. The monoisotopic (exact) mass is 154 g/mol. The van der Waals surface area contributed by atoms with E-state index in [1.807, 2.05) is 0 Å². The van der Waals surface area contributed by atoms with E-state index in [4.69, 9.17) is 0 Å². The molecular formula is C9H18N2. The number of allylic oxidation sites excluding steroid dienone is 2. The first-order chi connectivity index (χ1) is 5.20. The minimum atomic E-state index is 1.14. The van der Waals surface area contributed by atoms with E-state index in [0.717, 1.165) is 13.1 Å². The second kappa shape index (κ2) is 3.16. The molecule has 0 atom stereocenters. The number of nitrogens with zero attached hydrogens (tertiary/aromatic N) is 2. The molecule has 1 aliphatic carbocycles. The van der Waals surface area contributed by atoms with Crippen molar-refractivity contribution in [3.8, 4) is 0 Å². The molecule has 0 aliphatic heterocycles. The summed E-state index contributed by atoms with van der Waals surface area (Å²) in [6.45, 7) is 6.70. The van der Waals surface area contributed by atoms with Gasteiger partial charge in [-0.25, -0.2) is 0 Å². The summed E-state index contributed by atoms with van der Waals surface area (Å²) in [6, 6.07) is 0. The van der Waals surface area contributed by atoms with E-state index in [2.05, 4.69) is 37.7 Å². The molecule has 1 aliphatic rings. The highest BCUT2D eigenvalue weighted by Crippen LogP contribution is 2.34. The summed E-state index contributed by atoms with van der Waals surface area (Å²) < 4.78 is 0. The fourth-order valence-corrected chi connectivity index (χ4v) is 1.43. The summed E-state index contributed by atoms with van der Waals surface area (Å²) >= 11 is 0. The van der Waals surface area contributed by atoms with Crippen molar-refractivity contribution in [1.82, 2.24) is 9.80 Å². The quantitative estimate of drug-likeness (QED) is 0.605. The topological polar surface area (TPSA) is 6.48 Å². The molecule has 0 N–H and O–H groups in total. The summed E-state index contributed by atoms with van der Waals surface area (Å²) in [7, 11) is 4.23. The standard InChI is InChI=1S/C9H18N2/c1-5-11(6-2)9-7-8(9)10(3)4/h5-7H2,1-4H3. The zero-order valence-corrected chi connectivity index (χ0v) is 8.02. The lowest BCUT2D eigenvalue weighted by Gasteiger charge is -2.16. The largest absolute Gasteiger partial charge is 0.379 e. The number of hydrogen-bond donors (Lipinski definition) is 0. The van der Waals surface area contributed by atoms with E-state index in [0.29, 0.717) is 0 Å². The lowest BCUT2D eigenvalue weighted by Crippen LogP contribution is -2.17. The van der Waals surface area contributed by atoms with Gasteiger partial charge in [-0.05, 0) is 13.8 Å². The van der Waals surface area contributed by atoms with Crippen LogP contribution in [0.25, 0.3) is 0 Å². The Kier molecular flexibility index (Phi) is 2.42. The predicted octanol–water partition coefficient (Wildman–Crippen LogP) is 1.51. The first-order valence-corrected chi connectivity index (χ1v) is 4.35. The van der Waals surface area contributed by atoms with Crippen molar-refractivity contribution in [2.45, 2.75) is 20.3 Å². The van der Waals surface area contributed by atoms with Crippen molar-refractivity contribution < 1.29 is 0 Å². The average Bonchev–Trinajstić information content (AvgIpc) is 2.70. The van der Waals surface area contributed by atoms with Gasteiger partial charge in [0.2, 0.25) is 0 Å². The Morgan fingerprint density at radius 3 is 1.91 bits per heavy atom. The molecule has 2 heteroatoms. The van der Waals surface area contributed by atoms with Gasteiger partial charge in [0, 0.05) is 45.0 Å². The van der Waals surface area contributed by atoms with Crippen LogP contribution < -0.4 is 0 Å². The lowest BCUT2D eigenvalue weighted by atomic mass is 10.5. The first-order valence-electron chi connectivity index (χ1n) is 4.35. The van der Waals surface area contributed by atoms with Gasteiger partial charge in [0.15, 0.2) is 0 Å². The molecule has 0 amide bonds. The summed E-state index contributed by atoms with van der Waals surface area (Å²) in [4.78, 5) is 4.64. The molecule has 1 rings (SSSR count). The van der Waals surface area contributed by atoms with Gasteiger partial charge in [0.25, 0.3) is 0 Å². The Morgan fingerprint density at radius 2 is 1.64 bits per heavy atom. The van der Waals surface area contributed by atoms with Crippen LogP contribution in [0.2, 0.25) is 0 Å². The molecule has 0 aromatic rings. The molecule has 0 saturated heterocycles. The van der Waals surface area contributed by atoms with E-state index in [-0.39, 0.29) is 0 Å². The zero-order valence-electron chi connectivity index (χ0n) is 8.02. The Morgan fingerprint density at radius 1 is 1.09 bits per heavy atom. The molecule has 0 heterocycles. The van der Waals surface area contributed by atoms with Gasteiger partial charge in [-0.15, -0.1) is 0 Å². The molecule has 0 bridgehead atoms. The fourth-order valence-electron chi connectivity index (χ4n) is 1.43. The highest BCUT2D eigenvalue weighted by molar-refractivity contribution is 5.32. The molecule has 11 heavy (non-hydrogen) atoms. The third-order valence-electron chi connectivity index (χ3n) is 2.23. The summed E-state index contributed by atoms with van der Waals surface area (Å²) in [5.74, 6) is 0. The van der Waals surface area contributed by atoms with E-state index >= 15 is 0 Å². The van der Waals surface area contributed by atoms with Crippen molar-refractivity contribution in [3.05, 3.63) is 11.4 Å². The lowest BCUT2D eigenvalue weighted by molar-refractivity contribution is 0.394. The van der Waals surface area contributed by atoms with Gasteiger partial charge in [0.05, 0.1) is 0 Å². The highest BCUT2D eigenvalue weighted by atomic mass is 15.2. The number of hydrogen-bond acceptors (Lipinski definition) is 2. The van der Waals surface area contributed by atoms with Crippen LogP contribution in [-0.4, -0.2) is 37.0 Å². The van der Waals surface area contributed by atoms with Crippen molar-refractivity contribution >= 4 is 0 Å². The smallest absolute Gasteiger partial charge is 0.0391 e. The van der Waals surface area contributed by atoms with Crippen LogP contribution in [0.15, 0.2) is 11.4 Å². The Hall–Kier alpha value is -0.660. The Balaban J connectivity index is 2.50. The minimum absolute atomic E-state index is 1.14. The van der Waals surface area contributed by atoms with Gasteiger partial charge in [0.1, 0.15) is 0 Å². The van der Waals surface area contributed by atoms with Crippen molar-refractivity contribution in [1.29, 1.82) is 0 Å². The molecule has 0 saturated carbocycles. The molecular weight excluding hydrogens is 136 g/mol. The van der Waals surface area contributed by atoms with Crippen molar-refractivity contribution in [2.24, 2.45) is 0 Å². The average molecular weight is 154 g/mol.